The summed E-state index contributed by atoms with van der Waals surface area (Å²) in [5.74, 6) is -0.341. The van der Waals surface area contributed by atoms with Crippen LogP contribution >= 0.6 is 0 Å². The van der Waals surface area contributed by atoms with Crippen molar-refractivity contribution in [2.24, 2.45) is 0 Å². The Kier molecular flexibility index (Phi) is 4.73. The van der Waals surface area contributed by atoms with Crippen molar-refractivity contribution in [2.75, 3.05) is 6.61 Å². The van der Waals surface area contributed by atoms with Crippen LogP contribution in [0.2, 0.25) is 0 Å². The third-order valence-electron chi connectivity index (χ3n) is 4.34. The lowest BCUT2D eigenvalue weighted by atomic mass is 9.94. The van der Waals surface area contributed by atoms with E-state index in [0.717, 1.165) is 18.4 Å². The van der Waals surface area contributed by atoms with Crippen LogP contribution in [0, 0.1) is 0 Å². The number of benzene rings is 1. The second-order valence-electron chi connectivity index (χ2n) is 6.10. The van der Waals surface area contributed by atoms with Gasteiger partial charge in [0.1, 0.15) is 0 Å². The molecule has 1 spiro atoms. The fourth-order valence-corrected chi connectivity index (χ4v) is 3.22. The van der Waals surface area contributed by atoms with E-state index in [1.165, 1.54) is 19.3 Å². The Bertz CT molecular complexity index is 463. The number of aliphatic hydroxyl groups is 1. The maximum Gasteiger partial charge on any atom is 0.168 e. The van der Waals surface area contributed by atoms with E-state index in [2.05, 4.69) is 0 Å². The number of hydrogen-bond acceptors (Lipinski definition) is 3. The summed E-state index contributed by atoms with van der Waals surface area (Å²) in [4.78, 5) is 0. The van der Waals surface area contributed by atoms with E-state index < -0.39 is 6.10 Å². The van der Waals surface area contributed by atoms with Gasteiger partial charge in [0.05, 0.1) is 18.8 Å². The average molecular weight is 288 g/mol. The Labute approximate surface area is 126 Å². The van der Waals surface area contributed by atoms with Crippen LogP contribution in [0.25, 0.3) is 6.08 Å². The van der Waals surface area contributed by atoms with Gasteiger partial charge in [-0.1, -0.05) is 48.9 Å². The summed E-state index contributed by atoms with van der Waals surface area (Å²) in [6, 6.07) is 10.0. The molecule has 114 valence electrons. The molecule has 1 aliphatic heterocycles. The van der Waals surface area contributed by atoms with Crippen LogP contribution in [-0.2, 0) is 9.47 Å². The highest BCUT2D eigenvalue weighted by molar-refractivity contribution is 5.49. The van der Waals surface area contributed by atoms with Crippen LogP contribution in [0.3, 0.4) is 0 Å². The van der Waals surface area contributed by atoms with E-state index in [0.29, 0.717) is 13.0 Å². The first-order valence-corrected chi connectivity index (χ1v) is 7.99. The molecule has 2 aliphatic rings. The van der Waals surface area contributed by atoms with Gasteiger partial charge in [0.25, 0.3) is 0 Å². The SMILES string of the molecule is O[C@H](/C=C/c1ccccc1)C[C@H]1COC2(CCCCC2)O1. The number of ether oxygens (including phenoxy) is 2. The third-order valence-corrected chi connectivity index (χ3v) is 4.34. The van der Waals surface area contributed by atoms with Gasteiger partial charge >= 0.3 is 0 Å². The molecule has 2 fully saturated rings. The lowest BCUT2D eigenvalue weighted by Crippen LogP contribution is -2.33. The minimum Gasteiger partial charge on any atom is -0.389 e. The second kappa shape index (κ2) is 6.73. The van der Waals surface area contributed by atoms with Crippen molar-refractivity contribution in [1.82, 2.24) is 0 Å². The summed E-state index contributed by atoms with van der Waals surface area (Å²) in [5.41, 5.74) is 1.10. The quantitative estimate of drug-likeness (QED) is 0.921. The predicted octanol–water partition coefficient (Wildman–Crippen LogP) is 3.53. The first-order valence-electron chi connectivity index (χ1n) is 7.99. The highest BCUT2D eigenvalue weighted by Crippen LogP contribution is 2.38. The Morgan fingerprint density at radius 3 is 2.71 bits per heavy atom. The normalized spacial score (nSPS) is 26.4. The number of aliphatic hydroxyl groups excluding tert-OH is 1. The van der Waals surface area contributed by atoms with Gasteiger partial charge in [-0.2, -0.15) is 0 Å². The lowest BCUT2D eigenvalue weighted by molar-refractivity contribution is -0.188. The van der Waals surface area contributed by atoms with E-state index in [9.17, 15) is 5.11 Å². The van der Waals surface area contributed by atoms with E-state index in [1.54, 1.807) is 0 Å². The molecular weight excluding hydrogens is 264 g/mol. The summed E-state index contributed by atoms with van der Waals surface area (Å²) in [6.45, 7) is 0.607. The highest BCUT2D eigenvalue weighted by Gasteiger charge is 2.42. The maximum absolute atomic E-state index is 10.1. The van der Waals surface area contributed by atoms with Gasteiger partial charge in [0.2, 0.25) is 0 Å². The molecule has 1 heterocycles. The maximum atomic E-state index is 10.1. The molecule has 0 unspecified atom stereocenters. The lowest BCUT2D eigenvalue weighted by Gasteiger charge is -2.31. The molecule has 3 rings (SSSR count). The summed E-state index contributed by atoms with van der Waals surface area (Å²) < 4.78 is 12.0. The molecule has 0 aromatic heterocycles. The van der Waals surface area contributed by atoms with Crippen molar-refractivity contribution >= 4 is 6.08 Å². The molecule has 1 aromatic rings. The van der Waals surface area contributed by atoms with Gasteiger partial charge < -0.3 is 14.6 Å². The fourth-order valence-electron chi connectivity index (χ4n) is 3.22. The monoisotopic (exact) mass is 288 g/mol. The van der Waals surface area contributed by atoms with E-state index in [-0.39, 0.29) is 11.9 Å². The zero-order valence-electron chi connectivity index (χ0n) is 12.4. The van der Waals surface area contributed by atoms with Gasteiger partial charge in [0, 0.05) is 19.3 Å². The Morgan fingerprint density at radius 1 is 1.19 bits per heavy atom. The molecule has 1 saturated heterocycles. The van der Waals surface area contributed by atoms with Gasteiger partial charge in [-0.15, -0.1) is 0 Å². The van der Waals surface area contributed by atoms with Gasteiger partial charge in [-0.25, -0.2) is 0 Å². The Morgan fingerprint density at radius 2 is 1.95 bits per heavy atom. The molecule has 0 radical (unpaired) electrons. The Balaban J connectivity index is 1.49. The molecule has 0 amide bonds. The molecule has 1 aliphatic carbocycles. The van der Waals surface area contributed by atoms with Crippen LogP contribution in [0.15, 0.2) is 36.4 Å². The third kappa shape index (κ3) is 3.94. The van der Waals surface area contributed by atoms with Crippen LogP contribution < -0.4 is 0 Å². The number of hydrogen-bond donors (Lipinski definition) is 1. The molecule has 3 heteroatoms. The molecule has 1 saturated carbocycles. The fraction of sp³-hybridized carbons (Fsp3) is 0.556. The van der Waals surface area contributed by atoms with Crippen LogP contribution in [0.5, 0.6) is 0 Å². The molecule has 0 bridgehead atoms. The average Bonchev–Trinajstić information content (AvgIpc) is 2.89. The zero-order valence-corrected chi connectivity index (χ0v) is 12.4. The van der Waals surface area contributed by atoms with Crippen LogP contribution in [0.1, 0.15) is 44.1 Å². The Hall–Kier alpha value is -1.16. The second-order valence-corrected chi connectivity index (χ2v) is 6.10. The van der Waals surface area contributed by atoms with Crippen LogP contribution in [0.4, 0.5) is 0 Å². The first-order chi connectivity index (χ1) is 10.3. The van der Waals surface area contributed by atoms with E-state index in [4.69, 9.17) is 9.47 Å². The van der Waals surface area contributed by atoms with Crippen molar-refractivity contribution in [3.63, 3.8) is 0 Å². The van der Waals surface area contributed by atoms with E-state index in [1.807, 2.05) is 42.5 Å². The van der Waals surface area contributed by atoms with Crippen molar-refractivity contribution in [1.29, 1.82) is 0 Å². The summed E-state index contributed by atoms with van der Waals surface area (Å²) >= 11 is 0. The van der Waals surface area contributed by atoms with Gasteiger partial charge in [-0.05, 0) is 18.4 Å². The molecule has 2 atom stereocenters. The molecule has 1 N–H and O–H groups in total. The van der Waals surface area contributed by atoms with Gasteiger partial charge in [0.15, 0.2) is 5.79 Å². The standard InChI is InChI=1S/C18H24O3/c19-16(10-9-15-7-3-1-4-8-15)13-17-14-20-18(21-17)11-5-2-6-12-18/h1,3-4,7-10,16-17,19H,2,5-6,11-14H2/b10-9+/t16-,17+/m1/s1. The summed E-state index contributed by atoms with van der Waals surface area (Å²) in [7, 11) is 0. The largest absolute Gasteiger partial charge is 0.389 e. The predicted molar refractivity (Wildman–Crippen MR) is 82.7 cm³/mol. The molecule has 21 heavy (non-hydrogen) atoms. The molecule has 1 aromatic carbocycles. The van der Waals surface area contributed by atoms with Crippen molar-refractivity contribution in [3.05, 3.63) is 42.0 Å². The molecule has 3 nitrogen and oxygen atoms in total. The highest BCUT2D eigenvalue weighted by atomic mass is 16.7. The minimum absolute atomic E-state index is 0.0125. The first kappa shape index (κ1) is 14.8. The zero-order chi connectivity index (χ0) is 14.5. The number of rotatable bonds is 4. The summed E-state index contributed by atoms with van der Waals surface area (Å²) in [5, 5.41) is 10.1. The topological polar surface area (TPSA) is 38.7 Å². The molecular formula is C18H24O3. The van der Waals surface area contributed by atoms with Gasteiger partial charge in [-0.3, -0.25) is 0 Å². The van der Waals surface area contributed by atoms with Crippen LogP contribution in [-0.4, -0.2) is 29.7 Å². The summed E-state index contributed by atoms with van der Waals surface area (Å²) in [6.07, 6.45) is 9.57. The minimum atomic E-state index is -0.488. The smallest absolute Gasteiger partial charge is 0.168 e. The van der Waals surface area contributed by atoms with Crippen molar-refractivity contribution in [3.8, 4) is 0 Å². The van der Waals surface area contributed by atoms with Crippen molar-refractivity contribution in [2.45, 2.75) is 56.5 Å². The van der Waals surface area contributed by atoms with Crippen molar-refractivity contribution < 1.29 is 14.6 Å². The van der Waals surface area contributed by atoms with E-state index >= 15 is 0 Å².